The Morgan fingerprint density at radius 1 is 1.22 bits per heavy atom. The summed E-state index contributed by atoms with van der Waals surface area (Å²) in [5.74, 6) is 6.26. The smallest absolute Gasteiger partial charge is 0.253 e. The average Bonchev–Trinajstić information content (AvgIpc) is 2.99. The van der Waals surface area contributed by atoms with E-state index in [1.54, 1.807) is 12.3 Å². The van der Waals surface area contributed by atoms with Crippen molar-refractivity contribution in [2.45, 2.75) is 6.42 Å². The Balaban J connectivity index is 1.83. The molecular formula is C20H18N6O. The van der Waals surface area contributed by atoms with Gasteiger partial charge < -0.3 is 21.4 Å². The lowest BCUT2D eigenvalue weighted by atomic mass is 10.1. The maximum atomic E-state index is 12.2. The number of carbonyl (C=O) groups excluding carboxylic acids is 1. The summed E-state index contributed by atoms with van der Waals surface area (Å²) in [6, 6.07) is 9.17. The Bertz CT molecular complexity index is 1120. The van der Waals surface area contributed by atoms with Gasteiger partial charge in [-0.2, -0.15) is 0 Å². The van der Waals surface area contributed by atoms with Crippen LogP contribution in [-0.2, 0) is 13.5 Å². The first-order valence-electron chi connectivity index (χ1n) is 8.50. The van der Waals surface area contributed by atoms with Gasteiger partial charge in [-0.05, 0) is 24.3 Å². The first-order valence-corrected chi connectivity index (χ1v) is 8.50. The molecule has 27 heavy (non-hydrogen) atoms. The topological polar surface area (TPSA) is 112 Å². The highest BCUT2D eigenvalue weighted by Gasteiger charge is 2.24. The number of amides is 1. The summed E-state index contributed by atoms with van der Waals surface area (Å²) in [4.78, 5) is 20.6. The van der Waals surface area contributed by atoms with E-state index in [2.05, 4.69) is 27.1 Å². The summed E-state index contributed by atoms with van der Waals surface area (Å²) in [6.45, 7) is 0.622. The van der Waals surface area contributed by atoms with Crippen molar-refractivity contribution >= 4 is 17.5 Å². The number of fused-ring (bicyclic) bond motifs is 1. The number of hydrogen-bond donors (Lipinski definition) is 3. The second-order valence-electron chi connectivity index (χ2n) is 6.32. The van der Waals surface area contributed by atoms with Crippen LogP contribution in [0.2, 0.25) is 0 Å². The Morgan fingerprint density at radius 2 is 2.07 bits per heavy atom. The van der Waals surface area contributed by atoms with Crippen molar-refractivity contribution in [2.75, 3.05) is 18.0 Å². The number of carbonyl (C=O) groups is 1. The van der Waals surface area contributed by atoms with Gasteiger partial charge in [-0.3, -0.25) is 4.79 Å². The van der Waals surface area contributed by atoms with Crippen LogP contribution in [0.4, 0.5) is 11.6 Å². The van der Waals surface area contributed by atoms with Gasteiger partial charge in [-0.1, -0.05) is 17.9 Å². The molecular weight excluding hydrogens is 340 g/mol. The van der Waals surface area contributed by atoms with E-state index in [1.165, 1.54) is 0 Å². The molecule has 0 saturated carbocycles. The van der Waals surface area contributed by atoms with Crippen molar-refractivity contribution in [3.8, 4) is 23.2 Å². The van der Waals surface area contributed by atoms with Crippen LogP contribution in [0.3, 0.4) is 0 Å². The van der Waals surface area contributed by atoms with Gasteiger partial charge in [0, 0.05) is 43.2 Å². The SMILES string of the molecule is Cn1c(-c2nc(N)ncc2C#Cc2cccc(N)c2)cc2c1CCNC2=O. The third-order valence-corrected chi connectivity index (χ3v) is 4.53. The zero-order valence-electron chi connectivity index (χ0n) is 14.8. The highest BCUT2D eigenvalue weighted by molar-refractivity contribution is 5.98. The lowest BCUT2D eigenvalue weighted by Crippen LogP contribution is -2.31. The van der Waals surface area contributed by atoms with Gasteiger partial charge in [-0.15, -0.1) is 0 Å². The van der Waals surface area contributed by atoms with E-state index in [-0.39, 0.29) is 11.9 Å². The summed E-state index contributed by atoms with van der Waals surface area (Å²) in [5.41, 5.74) is 16.7. The van der Waals surface area contributed by atoms with E-state index in [9.17, 15) is 4.79 Å². The normalized spacial score (nSPS) is 12.7. The minimum Gasteiger partial charge on any atom is -0.399 e. The number of nitrogens with zero attached hydrogens (tertiary/aromatic N) is 3. The second-order valence-corrected chi connectivity index (χ2v) is 6.32. The Labute approximate surface area is 156 Å². The van der Waals surface area contributed by atoms with Crippen molar-refractivity contribution in [1.82, 2.24) is 19.9 Å². The van der Waals surface area contributed by atoms with Gasteiger partial charge in [0.2, 0.25) is 5.95 Å². The van der Waals surface area contributed by atoms with Crippen LogP contribution < -0.4 is 16.8 Å². The molecule has 0 bridgehead atoms. The fraction of sp³-hybridized carbons (Fsp3) is 0.150. The minimum atomic E-state index is -0.0764. The Kier molecular flexibility index (Phi) is 4.01. The quantitative estimate of drug-likeness (QED) is 0.449. The molecule has 7 nitrogen and oxygen atoms in total. The third kappa shape index (κ3) is 3.09. The van der Waals surface area contributed by atoms with Crippen molar-refractivity contribution in [1.29, 1.82) is 0 Å². The van der Waals surface area contributed by atoms with Crippen molar-refractivity contribution in [2.24, 2.45) is 7.05 Å². The van der Waals surface area contributed by atoms with Crippen molar-refractivity contribution in [3.05, 3.63) is 58.9 Å². The molecule has 1 aromatic carbocycles. The largest absolute Gasteiger partial charge is 0.399 e. The second kappa shape index (κ2) is 6.50. The van der Waals surface area contributed by atoms with Gasteiger partial charge in [0.15, 0.2) is 0 Å². The van der Waals surface area contributed by atoms with E-state index in [0.29, 0.717) is 29.1 Å². The van der Waals surface area contributed by atoms with Crippen LogP contribution in [-0.4, -0.2) is 27.0 Å². The van der Waals surface area contributed by atoms with E-state index in [4.69, 9.17) is 11.5 Å². The van der Waals surface area contributed by atoms with Gasteiger partial charge in [0.25, 0.3) is 5.91 Å². The maximum Gasteiger partial charge on any atom is 0.253 e. The maximum absolute atomic E-state index is 12.2. The molecule has 3 heterocycles. The number of benzene rings is 1. The lowest BCUT2D eigenvalue weighted by molar-refractivity contribution is 0.0945. The number of nitrogen functional groups attached to an aromatic ring is 2. The molecule has 0 atom stereocenters. The molecule has 2 aromatic heterocycles. The molecule has 7 heteroatoms. The number of nitrogens with two attached hydrogens (primary N) is 2. The standard InChI is InChI=1S/C20H18N6O/c1-26-16-7-8-23-19(27)15(16)10-17(26)18-13(11-24-20(22)25-18)6-5-12-3-2-4-14(21)9-12/h2-4,9-11H,7-8,21H2,1H3,(H,23,27)(H2,22,24,25). The average molecular weight is 358 g/mol. The van der Waals surface area contributed by atoms with Crippen molar-refractivity contribution in [3.63, 3.8) is 0 Å². The van der Waals surface area contributed by atoms with Crippen LogP contribution in [0, 0.1) is 11.8 Å². The summed E-state index contributed by atoms with van der Waals surface area (Å²) in [7, 11) is 1.92. The molecule has 4 rings (SSSR count). The highest BCUT2D eigenvalue weighted by Crippen LogP contribution is 2.28. The number of nitrogens with one attached hydrogen (secondary N) is 1. The molecule has 0 spiro atoms. The van der Waals surface area contributed by atoms with Crippen LogP contribution in [0.15, 0.2) is 36.5 Å². The molecule has 134 valence electrons. The molecule has 0 saturated heterocycles. The first kappa shape index (κ1) is 16.7. The Hall–Kier alpha value is -3.79. The molecule has 0 fully saturated rings. The summed E-state index contributed by atoms with van der Waals surface area (Å²) in [5, 5.41) is 2.86. The van der Waals surface area contributed by atoms with E-state index in [0.717, 1.165) is 23.4 Å². The number of hydrogen-bond acceptors (Lipinski definition) is 5. The summed E-state index contributed by atoms with van der Waals surface area (Å²) >= 11 is 0. The van der Waals surface area contributed by atoms with Crippen molar-refractivity contribution < 1.29 is 4.79 Å². The molecule has 0 aliphatic carbocycles. The zero-order valence-corrected chi connectivity index (χ0v) is 14.8. The lowest BCUT2D eigenvalue weighted by Gasteiger charge is -2.14. The van der Waals surface area contributed by atoms with E-state index >= 15 is 0 Å². The van der Waals surface area contributed by atoms with Crippen LogP contribution in [0.1, 0.15) is 27.2 Å². The predicted molar refractivity (Wildman–Crippen MR) is 104 cm³/mol. The zero-order chi connectivity index (χ0) is 19.0. The van der Waals surface area contributed by atoms with Gasteiger partial charge in [0.1, 0.15) is 5.69 Å². The third-order valence-electron chi connectivity index (χ3n) is 4.53. The predicted octanol–water partition coefficient (Wildman–Crippen LogP) is 1.33. The summed E-state index contributed by atoms with van der Waals surface area (Å²) in [6.07, 6.45) is 2.37. The minimum absolute atomic E-state index is 0.0764. The molecule has 0 radical (unpaired) electrons. The summed E-state index contributed by atoms with van der Waals surface area (Å²) < 4.78 is 1.97. The fourth-order valence-electron chi connectivity index (χ4n) is 3.20. The van der Waals surface area contributed by atoms with Crippen LogP contribution >= 0.6 is 0 Å². The molecule has 5 N–H and O–H groups in total. The first-order chi connectivity index (χ1) is 13.0. The number of anilines is 2. The molecule has 3 aromatic rings. The van der Waals surface area contributed by atoms with Crippen LogP contribution in [0.25, 0.3) is 11.4 Å². The van der Waals surface area contributed by atoms with Gasteiger partial charge in [-0.25, -0.2) is 9.97 Å². The van der Waals surface area contributed by atoms with Gasteiger partial charge in [0.05, 0.1) is 16.8 Å². The van der Waals surface area contributed by atoms with Gasteiger partial charge >= 0.3 is 0 Å². The number of aromatic nitrogens is 3. The molecule has 1 aliphatic rings. The number of rotatable bonds is 1. The monoisotopic (exact) mass is 358 g/mol. The van der Waals surface area contributed by atoms with E-state index in [1.807, 2.05) is 35.9 Å². The highest BCUT2D eigenvalue weighted by atomic mass is 16.1. The fourth-order valence-corrected chi connectivity index (χ4v) is 3.20. The van der Waals surface area contributed by atoms with E-state index < -0.39 is 0 Å². The van der Waals surface area contributed by atoms with Crippen LogP contribution in [0.5, 0.6) is 0 Å². The molecule has 1 amide bonds. The molecule has 1 aliphatic heterocycles. The Morgan fingerprint density at radius 3 is 2.85 bits per heavy atom. The molecule has 0 unspecified atom stereocenters.